The molecule has 0 aliphatic carbocycles. The van der Waals surface area contributed by atoms with Crippen molar-refractivity contribution in [3.05, 3.63) is 18.2 Å². The summed E-state index contributed by atoms with van der Waals surface area (Å²) >= 11 is 0. The Balaban J connectivity index is 1.60. The summed E-state index contributed by atoms with van der Waals surface area (Å²) < 4.78 is 0. The van der Waals surface area contributed by atoms with E-state index in [1.165, 1.54) is 6.42 Å². The third-order valence-electron chi connectivity index (χ3n) is 2.83. The molecule has 1 amide bonds. The molecule has 0 bridgehead atoms. The normalized spacial score (nSPS) is 19.9. The van der Waals surface area contributed by atoms with Gasteiger partial charge in [-0.05, 0) is 19.4 Å². The van der Waals surface area contributed by atoms with E-state index in [1.807, 2.05) is 0 Å². The molecule has 1 aromatic heterocycles. The number of nitrogens with zero attached hydrogens (tertiary/aromatic N) is 1. The van der Waals surface area contributed by atoms with Crippen LogP contribution in [0.15, 0.2) is 12.4 Å². The van der Waals surface area contributed by atoms with Crippen molar-refractivity contribution in [3.63, 3.8) is 0 Å². The minimum atomic E-state index is 0.131. The van der Waals surface area contributed by atoms with Crippen LogP contribution in [0.2, 0.25) is 0 Å². The molecule has 1 unspecified atom stereocenters. The van der Waals surface area contributed by atoms with Gasteiger partial charge in [-0.3, -0.25) is 4.79 Å². The highest BCUT2D eigenvalue weighted by Crippen LogP contribution is 2.07. The monoisotopic (exact) mass is 222 g/mol. The van der Waals surface area contributed by atoms with Gasteiger partial charge in [0.15, 0.2) is 0 Å². The third kappa shape index (κ3) is 3.34. The van der Waals surface area contributed by atoms with Gasteiger partial charge in [-0.15, -0.1) is 0 Å². The highest BCUT2D eigenvalue weighted by Gasteiger charge is 2.17. The molecular weight excluding hydrogens is 204 g/mol. The molecule has 2 rings (SSSR count). The van der Waals surface area contributed by atoms with Gasteiger partial charge in [-0.25, -0.2) is 4.98 Å². The number of hydrogen-bond acceptors (Lipinski definition) is 3. The zero-order chi connectivity index (χ0) is 11.2. The van der Waals surface area contributed by atoms with Crippen LogP contribution in [-0.2, 0) is 11.2 Å². The molecule has 1 saturated heterocycles. The van der Waals surface area contributed by atoms with E-state index in [4.69, 9.17) is 0 Å². The maximum atomic E-state index is 11.5. The van der Waals surface area contributed by atoms with Gasteiger partial charge < -0.3 is 15.6 Å². The molecule has 0 aromatic carbocycles. The average molecular weight is 222 g/mol. The minimum Gasteiger partial charge on any atom is -0.356 e. The molecular formula is C11H18N4O. The number of carbonyl (C=O) groups excluding carboxylic acids is 1. The Hall–Kier alpha value is -1.36. The second-order valence-corrected chi connectivity index (χ2v) is 4.13. The van der Waals surface area contributed by atoms with E-state index >= 15 is 0 Å². The SMILES string of the molecule is O=C(CC1CCCN1)NCCc1ncc[nH]1. The summed E-state index contributed by atoms with van der Waals surface area (Å²) in [7, 11) is 0. The number of rotatable bonds is 5. The Labute approximate surface area is 95.0 Å². The molecule has 1 aliphatic rings. The lowest BCUT2D eigenvalue weighted by molar-refractivity contribution is -0.121. The molecule has 0 spiro atoms. The highest BCUT2D eigenvalue weighted by molar-refractivity contribution is 5.76. The number of hydrogen-bond donors (Lipinski definition) is 3. The molecule has 1 fully saturated rings. The second kappa shape index (κ2) is 5.65. The van der Waals surface area contributed by atoms with E-state index in [2.05, 4.69) is 20.6 Å². The largest absolute Gasteiger partial charge is 0.356 e. The molecule has 16 heavy (non-hydrogen) atoms. The summed E-state index contributed by atoms with van der Waals surface area (Å²) in [5.41, 5.74) is 0. The first-order valence-corrected chi connectivity index (χ1v) is 5.83. The van der Waals surface area contributed by atoms with Gasteiger partial charge in [0.05, 0.1) is 0 Å². The Morgan fingerprint density at radius 3 is 3.25 bits per heavy atom. The lowest BCUT2D eigenvalue weighted by Gasteiger charge is -2.09. The van der Waals surface area contributed by atoms with Gasteiger partial charge >= 0.3 is 0 Å². The van der Waals surface area contributed by atoms with E-state index in [9.17, 15) is 4.79 Å². The summed E-state index contributed by atoms with van der Waals surface area (Å²) in [5.74, 6) is 1.05. The maximum Gasteiger partial charge on any atom is 0.221 e. The van der Waals surface area contributed by atoms with Crippen LogP contribution in [0.25, 0.3) is 0 Å². The molecule has 5 heteroatoms. The van der Waals surface area contributed by atoms with Crippen LogP contribution < -0.4 is 10.6 Å². The molecule has 88 valence electrons. The van der Waals surface area contributed by atoms with Crippen molar-refractivity contribution in [1.29, 1.82) is 0 Å². The number of amides is 1. The summed E-state index contributed by atoms with van der Waals surface area (Å²) in [6.07, 6.45) is 7.17. The van der Waals surface area contributed by atoms with Crippen LogP contribution in [0.5, 0.6) is 0 Å². The molecule has 5 nitrogen and oxygen atoms in total. The third-order valence-corrected chi connectivity index (χ3v) is 2.83. The van der Waals surface area contributed by atoms with Gasteiger partial charge in [0, 0.05) is 37.8 Å². The molecule has 0 radical (unpaired) electrons. The topological polar surface area (TPSA) is 69.8 Å². The van der Waals surface area contributed by atoms with Crippen molar-refractivity contribution in [2.24, 2.45) is 0 Å². The molecule has 1 aromatic rings. The number of H-pyrrole nitrogens is 1. The molecule has 0 saturated carbocycles. The fourth-order valence-corrected chi connectivity index (χ4v) is 1.98. The predicted octanol–water partition coefficient (Wildman–Crippen LogP) is 0.211. The lowest BCUT2D eigenvalue weighted by Crippen LogP contribution is -2.32. The van der Waals surface area contributed by atoms with E-state index in [0.717, 1.165) is 25.2 Å². The molecule has 1 atom stereocenters. The van der Waals surface area contributed by atoms with Crippen molar-refractivity contribution in [3.8, 4) is 0 Å². The van der Waals surface area contributed by atoms with E-state index in [-0.39, 0.29) is 5.91 Å². The number of carbonyl (C=O) groups is 1. The highest BCUT2D eigenvalue weighted by atomic mass is 16.1. The van der Waals surface area contributed by atoms with Crippen molar-refractivity contribution in [1.82, 2.24) is 20.6 Å². The summed E-state index contributed by atoms with van der Waals surface area (Å²) in [6, 6.07) is 0.378. The maximum absolute atomic E-state index is 11.5. The summed E-state index contributed by atoms with van der Waals surface area (Å²) in [4.78, 5) is 18.7. The Bertz CT molecular complexity index is 317. The van der Waals surface area contributed by atoms with Crippen LogP contribution in [-0.4, -0.2) is 35.0 Å². The van der Waals surface area contributed by atoms with Crippen molar-refractivity contribution in [2.75, 3.05) is 13.1 Å². The average Bonchev–Trinajstić information content (AvgIpc) is 2.90. The first kappa shape index (κ1) is 11.1. The first-order valence-electron chi connectivity index (χ1n) is 5.83. The fourth-order valence-electron chi connectivity index (χ4n) is 1.98. The quantitative estimate of drug-likeness (QED) is 0.667. The van der Waals surface area contributed by atoms with Crippen LogP contribution in [0.1, 0.15) is 25.1 Å². The summed E-state index contributed by atoms with van der Waals surface area (Å²) in [5, 5.41) is 6.22. The Kier molecular flexibility index (Phi) is 3.93. The van der Waals surface area contributed by atoms with Crippen LogP contribution >= 0.6 is 0 Å². The smallest absolute Gasteiger partial charge is 0.221 e. The number of aromatic nitrogens is 2. The van der Waals surface area contributed by atoms with Crippen LogP contribution in [0.3, 0.4) is 0 Å². The van der Waals surface area contributed by atoms with Crippen molar-refractivity contribution < 1.29 is 4.79 Å². The molecule has 2 heterocycles. The van der Waals surface area contributed by atoms with E-state index in [1.54, 1.807) is 12.4 Å². The lowest BCUT2D eigenvalue weighted by atomic mass is 10.1. The molecule has 1 aliphatic heterocycles. The Morgan fingerprint density at radius 2 is 2.56 bits per heavy atom. The predicted molar refractivity (Wildman–Crippen MR) is 60.9 cm³/mol. The first-order chi connectivity index (χ1) is 7.84. The van der Waals surface area contributed by atoms with E-state index < -0.39 is 0 Å². The van der Waals surface area contributed by atoms with Crippen LogP contribution in [0.4, 0.5) is 0 Å². The zero-order valence-corrected chi connectivity index (χ0v) is 9.33. The van der Waals surface area contributed by atoms with E-state index in [0.29, 0.717) is 19.0 Å². The van der Waals surface area contributed by atoms with Gasteiger partial charge in [0.25, 0.3) is 0 Å². The Morgan fingerprint density at radius 1 is 1.62 bits per heavy atom. The fraction of sp³-hybridized carbons (Fsp3) is 0.636. The molecule has 3 N–H and O–H groups in total. The zero-order valence-electron chi connectivity index (χ0n) is 9.33. The van der Waals surface area contributed by atoms with Crippen molar-refractivity contribution >= 4 is 5.91 Å². The van der Waals surface area contributed by atoms with Crippen LogP contribution in [0, 0.1) is 0 Å². The second-order valence-electron chi connectivity index (χ2n) is 4.13. The summed E-state index contributed by atoms with van der Waals surface area (Å²) in [6.45, 7) is 1.70. The minimum absolute atomic E-state index is 0.131. The van der Waals surface area contributed by atoms with Crippen molar-refractivity contribution in [2.45, 2.75) is 31.7 Å². The van der Waals surface area contributed by atoms with Gasteiger partial charge in [0.1, 0.15) is 5.82 Å². The number of nitrogens with one attached hydrogen (secondary N) is 3. The number of aromatic amines is 1. The van der Waals surface area contributed by atoms with Gasteiger partial charge in [-0.2, -0.15) is 0 Å². The van der Waals surface area contributed by atoms with Gasteiger partial charge in [0.2, 0.25) is 5.91 Å². The number of imidazole rings is 1. The standard InChI is InChI=1S/C11H18N4O/c16-11(8-9-2-1-4-12-9)15-5-3-10-13-6-7-14-10/h6-7,9,12H,1-5,8H2,(H,13,14)(H,15,16). The van der Waals surface area contributed by atoms with Gasteiger partial charge in [-0.1, -0.05) is 0 Å².